The third-order valence-corrected chi connectivity index (χ3v) is 0.669. The molecule has 0 amide bonds. The lowest BCUT2D eigenvalue weighted by Gasteiger charge is -2.00. The number of ether oxygens (including phenoxy) is 1. The smallest absolute Gasteiger partial charge is 0.148 e. The van der Waals surface area contributed by atoms with E-state index in [0.717, 1.165) is 6.29 Å². The van der Waals surface area contributed by atoms with Crippen molar-refractivity contribution in [1.29, 1.82) is 0 Å². The zero-order valence-electron chi connectivity index (χ0n) is 4.96. The maximum atomic E-state index is 9.85. The highest BCUT2D eigenvalue weighted by Crippen LogP contribution is 1.83. The van der Waals surface area contributed by atoms with Crippen LogP contribution < -0.4 is 0 Å². The average Bonchev–Trinajstić information content (AvgIpc) is 1.83. The first-order chi connectivity index (χ1) is 3.81. The molecule has 0 radical (unpaired) electrons. The Morgan fingerprint density at radius 3 is 2.88 bits per heavy atom. The van der Waals surface area contributed by atoms with Crippen LogP contribution in [0.15, 0.2) is 12.7 Å². The molecule has 0 N–H and O–H groups in total. The Balaban J connectivity index is 3.09. The molecule has 2 nitrogen and oxygen atoms in total. The number of rotatable bonds is 4. The first-order valence-electron chi connectivity index (χ1n) is 2.49. The summed E-state index contributed by atoms with van der Waals surface area (Å²) < 4.78 is 4.85. The lowest BCUT2D eigenvalue weighted by Crippen LogP contribution is -2.08. The van der Waals surface area contributed by atoms with Gasteiger partial charge in [-0.25, -0.2) is 0 Å². The van der Waals surface area contributed by atoms with Gasteiger partial charge in [-0.15, -0.1) is 6.58 Å². The van der Waals surface area contributed by atoms with Gasteiger partial charge in [0.05, 0.1) is 6.61 Å². The zero-order valence-corrected chi connectivity index (χ0v) is 4.96. The van der Waals surface area contributed by atoms with Gasteiger partial charge in [-0.2, -0.15) is 0 Å². The van der Waals surface area contributed by atoms with Crippen LogP contribution in [0.2, 0.25) is 0 Å². The summed E-state index contributed by atoms with van der Waals surface area (Å²) in [4.78, 5) is 9.85. The Morgan fingerprint density at radius 1 is 1.88 bits per heavy atom. The molecule has 0 heterocycles. The summed E-state index contributed by atoms with van der Waals surface area (Å²) in [5.74, 6) is 0. The second-order valence-electron chi connectivity index (χ2n) is 1.46. The normalized spacial score (nSPS) is 12.6. The van der Waals surface area contributed by atoms with Gasteiger partial charge in [0.15, 0.2) is 0 Å². The fourth-order valence-electron chi connectivity index (χ4n) is 0.259. The van der Waals surface area contributed by atoms with Crippen LogP contribution in [0.1, 0.15) is 6.92 Å². The van der Waals surface area contributed by atoms with Crippen molar-refractivity contribution in [3.05, 3.63) is 12.7 Å². The van der Waals surface area contributed by atoms with E-state index in [2.05, 4.69) is 6.58 Å². The van der Waals surface area contributed by atoms with E-state index < -0.39 is 0 Å². The van der Waals surface area contributed by atoms with E-state index in [4.69, 9.17) is 4.74 Å². The number of hydrogen-bond donors (Lipinski definition) is 0. The highest BCUT2D eigenvalue weighted by molar-refractivity contribution is 5.55. The van der Waals surface area contributed by atoms with Crippen LogP contribution in [-0.2, 0) is 9.53 Å². The van der Waals surface area contributed by atoms with Crippen molar-refractivity contribution < 1.29 is 9.53 Å². The minimum Gasteiger partial charge on any atom is -0.367 e. The maximum Gasteiger partial charge on any atom is 0.148 e. The topological polar surface area (TPSA) is 26.3 Å². The molecular formula is C6H10O2. The molecule has 0 aromatic heterocycles. The highest BCUT2D eigenvalue weighted by atomic mass is 16.5. The van der Waals surface area contributed by atoms with Crippen molar-refractivity contribution in [2.24, 2.45) is 0 Å². The van der Waals surface area contributed by atoms with E-state index in [9.17, 15) is 4.79 Å². The molecular weight excluding hydrogens is 104 g/mol. The Kier molecular flexibility index (Phi) is 4.17. The standard InChI is InChI=1S/C6H10O2/c1-3-4-8-6(2)5-7/h3,5-6H,1,4H2,2H3/t6-/m1/s1. The van der Waals surface area contributed by atoms with Crippen LogP contribution in [0.4, 0.5) is 0 Å². The molecule has 0 bridgehead atoms. The van der Waals surface area contributed by atoms with Crippen molar-refractivity contribution in [1.82, 2.24) is 0 Å². The summed E-state index contributed by atoms with van der Waals surface area (Å²) in [6.07, 6.45) is 2.07. The first kappa shape index (κ1) is 7.37. The van der Waals surface area contributed by atoms with Crippen LogP contribution in [-0.4, -0.2) is 19.0 Å². The van der Waals surface area contributed by atoms with Gasteiger partial charge in [0.1, 0.15) is 12.4 Å². The molecule has 0 saturated carbocycles. The van der Waals surface area contributed by atoms with Crippen molar-refractivity contribution in [3.63, 3.8) is 0 Å². The van der Waals surface area contributed by atoms with Crippen molar-refractivity contribution in [2.75, 3.05) is 6.61 Å². The summed E-state index contributed by atoms with van der Waals surface area (Å²) in [7, 11) is 0. The van der Waals surface area contributed by atoms with E-state index in [0.29, 0.717) is 6.61 Å². The Bertz CT molecular complexity index is 78.6. The Labute approximate surface area is 49.1 Å². The average molecular weight is 114 g/mol. The van der Waals surface area contributed by atoms with E-state index >= 15 is 0 Å². The minimum absolute atomic E-state index is 0.298. The monoisotopic (exact) mass is 114 g/mol. The number of aldehydes is 1. The number of carbonyl (C=O) groups excluding carboxylic acids is 1. The molecule has 0 aliphatic rings. The van der Waals surface area contributed by atoms with Crippen LogP contribution in [0.25, 0.3) is 0 Å². The molecule has 0 saturated heterocycles. The van der Waals surface area contributed by atoms with E-state index in [-0.39, 0.29) is 6.10 Å². The van der Waals surface area contributed by atoms with Gasteiger partial charge in [-0.05, 0) is 6.92 Å². The van der Waals surface area contributed by atoms with Gasteiger partial charge < -0.3 is 9.53 Å². The summed E-state index contributed by atoms with van der Waals surface area (Å²) in [6, 6.07) is 0. The van der Waals surface area contributed by atoms with Gasteiger partial charge in [0, 0.05) is 0 Å². The second-order valence-corrected chi connectivity index (χ2v) is 1.46. The van der Waals surface area contributed by atoms with Crippen LogP contribution in [0.5, 0.6) is 0 Å². The molecule has 0 spiro atoms. The van der Waals surface area contributed by atoms with Gasteiger partial charge in [-0.1, -0.05) is 6.08 Å². The SMILES string of the molecule is C=CCO[C@H](C)C=O. The van der Waals surface area contributed by atoms with E-state index in [1.54, 1.807) is 13.0 Å². The fraction of sp³-hybridized carbons (Fsp3) is 0.500. The van der Waals surface area contributed by atoms with Gasteiger partial charge in [0.2, 0.25) is 0 Å². The molecule has 0 unspecified atom stereocenters. The molecule has 46 valence electrons. The maximum absolute atomic E-state index is 9.85. The molecule has 0 aromatic rings. The van der Waals surface area contributed by atoms with Crippen molar-refractivity contribution in [3.8, 4) is 0 Å². The highest BCUT2D eigenvalue weighted by Gasteiger charge is 1.93. The van der Waals surface area contributed by atoms with Crippen LogP contribution >= 0.6 is 0 Å². The quantitative estimate of drug-likeness (QED) is 0.398. The molecule has 1 atom stereocenters. The molecule has 0 rings (SSSR count). The van der Waals surface area contributed by atoms with Crippen molar-refractivity contribution in [2.45, 2.75) is 13.0 Å². The Morgan fingerprint density at radius 2 is 2.50 bits per heavy atom. The summed E-state index contributed by atoms with van der Waals surface area (Å²) in [6.45, 7) is 5.56. The summed E-state index contributed by atoms with van der Waals surface area (Å²) >= 11 is 0. The third kappa shape index (κ3) is 3.56. The molecule has 8 heavy (non-hydrogen) atoms. The van der Waals surface area contributed by atoms with E-state index in [1.807, 2.05) is 0 Å². The third-order valence-electron chi connectivity index (χ3n) is 0.669. The largest absolute Gasteiger partial charge is 0.367 e. The first-order valence-corrected chi connectivity index (χ1v) is 2.49. The second kappa shape index (κ2) is 4.53. The molecule has 0 fully saturated rings. The lowest BCUT2D eigenvalue weighted by atomic mass is 10.5. The van der Waals surface area contributed by atoms with E-state index in [1.165, 1.54) is 0 Å². The predicted molar refractivity (Wildman–Crippen MR) is 31.7 cm³/mol. The summed E-state index contributed by atoms with van der Waals surface area (Å²) in [5, 5.41) is 0. The molecule has 0 aromatic carbocycles. The Hall–Kier alpha value is -0.630. The van der Waals surface area contributed by atoms with Crippen LogP contribution in [0, 0.1) is 0 Å². The zero-order chi connectivity index (χ0) is 6.41. The molecule has 2 heteroatoms. The van der Waals surface area contributed by atoms with Crippen LogP contribution in [0.3, 0.4) is 0 Å². The minimum atomic E-state index is -0.298. The van der Waals surface area contributed by atoms with Crippen molar-refractivity contribution >= 4 is 6.29 Å². The number of carbonyl (C=O) groups is 1. The van der Waals surface area contributed by atoms with Gasteiger partial charge >= 0.3 is 0 Å². The predicted octanol–water partition coefficient (Wildman–Crippen LogP) is 0.776. The summed E-state index contributed by atoms with van der Waals surface area (Å²) in [5.41, 5.74) is 0. The molecule has 0 aliphatic carbocycles. The lowest BCUT2D eigenvalue weighted by molar-refractivity contribution is -0.116. The van der Waals surface area contributed by atoms with Gasteiger partial charge in [0.25, 0.3) is 0 Å². The fourth-order valence-corrected chi connectivity index (χ4v) is 0.259. The number of hydrogen-bond acceptors (Lipinski definition) is 2. The van der Waals surface area contributed by atoms with Gasteiger partial charge in [-0.3, -0.25) is 0 Å². The molecule has 0 aliphatic heterocycles.